The number of hydrogen-bond acceptors (Lipinski definition) is 3. The molecule has 2 fully saturated rings. The molecule has 2 aliphatic rings. The van der Waals surface area contributed by atoms with Crippen molar-refractivity contribution in [2.24, 2.45) is 11.1 Å². The molecule has 0 aromatic heterocycles. The van der Waals surface area contributed by atoms with Crippen LogP contribution in [0, 0.1) is 5.41 Å². The lowest BCUT2D eigenvalue weighted by Crippen LogP contribution is -2.51. The first-order chi connectivity index (χ1) is 7.54. The Kier molecular flexibility index (Phi) is 3.22. The SMILES string of the molecule is CC1OCCC1NC(=O)C1(C)CCCC1N. The zero-order valence-electron chi connectivity index (χ0n) is 10.2. The minimum absolute atomic E-state index is 0.00475. The first-order valence-corrected chi connectivity index (χ1v) is 6.22. The second-order valence-electron chi connectivity index (χ2n) is 5.36. The molecule has 0 bridgehead atoms. The monoisotopic (exact) mass is 226 g/mol. The predicted octanol–water partition coefficient (Wildman–Crippen LogP) is 0.797. The minimum atomic E-state index is -0.373. The van der Waals surface area contributed by atoms with E-state index in [-0.39, 0.29) is 29.5 Å². The minimum Gasteiger partial charge on any atom is -0.376 e. The van der Waals surface area contributed by atoms with Gasteiger partial charge in [-0.25, -0.2) is 0 Å². The standard InChI is InChI=1S/C12H22N2O2/c1-8-9(5-7-16-8)14-11(15)12(2)6-3-4-10(12)13/h8-10H,3-7,13H2,1-2H3,(H,14,15). The van der Waals surface area contributed by atoms with Crippen LogP contribution in [0.4, 0.5) is 0 Å². The van der Waals surface area contributed by atoms with Crippen molar-refractivity contribution < 1.29 is 9.53 Å². The van der Waals surface area contributed by atoms with Gasteiger partial charge >= 0.3 is 0 Å². The summed E-state index contributed by atoms with van der Waals surface area (Å²) in [6.45, 7) is 4.74. The van der Waals surface area contributed by atoms with Crippen molar-refractivity contribution in [2.45, 2.75) is 57.7 Å². The highest BCUT2D eigenvalue weighted by atomic mass is 16.5. The lowest BCUT2D eigenvalue weighted by molar-refractivity contribution is -0.131. The van der Waals surface area contributed by atoms with Crippen LogP contribution in [0.15, 0.2) is 0 Å². The summed E-state index contributed by atoms with van der Waals surface area (Å²) in [6.07, 6.45) is 3.97. The maximum absolute atomic E-state index is 12.2. The molecule has 16 heavy (non-hydrogen) atoms. The summed E-state index contributed by atoms with van der Waals surface area (Å²) in [7, 11) is 0. The van der Waals surface area contributed by atoms with Gasteiger partial charge < -0.3 is 15.8 Å². The van der Waals surface area contributed by atoms with Crippen molar-refractivity contribution in [3.05, 3.63) is 0 Å². The average molecular weight is 226 g/mol. The van der Waals surface area contributed by atoms with E-state index in [0.29, 0.717) is 0 Å². The molecule has 1 amide bonds. The van der Waals surface area contributed by atoms with Gasteiger partial charge in [-0.3, -0.25) is 4.79 Å². The number of hydrogen-bond donors (Lipinski definition) is 2. The van der Waals surface area contributed by atoms with E-state index in [1.165, 1.54) is 0 Å². The lowest BCUT2D eigenvalue weighted by Gasteiger charge is -2.29. The Morgan fingerprint density at radius 3 is 2.75 bits per heavy atom. The van der Waals surface area contributed by atoms with Crippen LogP contribution in [-0.2, 0) is 9.53 Å². The number of carbonyl (C=O) groups is 1. The Bertz CT molecular complexity index is 282. The Labute approximate surface area is 96.9 Å². The molecule has 0 aromatic carbocycles. The number of amides is 1. The maximum atomic E-state index is 12.2. The summed E-state index contributed by atoms with van der Waals surface area (Å²) < 4.78 is 5.44. The summed E-state index contributed by atoms with van der Waals surface area (Å²) in [4.78, 5) is 12.2. The smallest absolute Gasteiger partial charge is 0.227 e. The molecule has 0 radical (unpaired) electrons. The van der Waals surface area contributed by atoms with Gasteiger partial charge in [0.2, 0.25) is 5.91 Å². The highest BCUT2D eigenvalue weighted by Crippen LogP contribution is 2.37. The Morgan fingerprint density at radius 1 is 1.50 bits per heavy atom. The van der Waals surface area contributed by atoms with Gasteiger partial charge in [-0.1, -0.05) is 6.42 Å². The Hall–Kier alpha value is -0.610. The van der Waals surface area contributed by atoms with Gasteiger partial charge in [0, 0.05) is 12.6 Å². The first-order valence-electron chi connectivity index (χ1n) is 6.22. The third kappa shape index (κ3) is 1.96. The second kappa shape index (κ2) is 4.34. The summed E-state index contributed by atoms with van der Waals surface area (Å²) in [5.74, 6) is 0.111. The van der Waals surface area contributed by atoms with Gasteiger partial charge in [0.15, 0.2) is 0 Å². The molecule has 2 rings (SSSR count). The van der Waals surface area contributed by atoms with E-state index in [0.717, 1.165) is 32.3 Å². The molecule has 0 spiro atoms. The van der Waals surface area contributed by atoms with Crippen molar-refractivity contribution in [3.63, 3.8) is 0 Å². The van der Waals surface area contributed by atoms with Gasteiger partial charge in [0.1, 0.15) is 0 Å². The van der Waals surface area contributed by atoms with Crippen LogP contribution in [0.3, 0.4) is 0 Å². The lowest BCUT2D eigenvalue weighted by atomic mass is 9.84. The topological polar surface area (TPSA) is 64.3 Å². The van der Waals surface area contributed by atoms with E-state index in [1.807, 2.05) is 13.8 Å². The molecule has 4 unspecified atom stereocenters. The van der Waals surface area contributed by atoms with Gasteiger partial charge in [0.25, 0.3) is 0 Å². The van der Waals surface area contributed by atoms with Crippen molar-refractivity contribution in [2.75, 3.05) is 6.61 Å². The molecule has 0 aromatic rings. The third-order valence-electron chi connectivity index (χ3n) is 4.24. The largest absolute Gasteiger partial charge is 0.376 e. The fourth-order valence-electron chi connectivity index (χ4n) is 2.73. The molecule has 3 N–H and O–H groups in total. The van der Waals surface area contributed by atoms with Crippen molar-refractivity contribution in [1.29, 1.82) is 0 Å². The van der Waals surface area contributed by atoms with Crippen LogP contribution < -0.4 is 11.1 Å². The van der Waals surface area contributed by atoms with Crippen LogP contribution >= 0.6 is 0 Å². The van der Waals surface area contributed by atoms with Crippen LogP contribution in [0.1, 0.15) is 39.5 Å². The number of rotatable bonds is 2. The third-order valence-corrected chi connectivity index (χ3v) is 4.24. The normalized spacial score (nSPS) is 43.6. The Morgan fingerprint density at radius 2 is 2.25 bits per heavy atom. The first kappa shape index (κ1) is 11.9. The van der Waals surface area contributed by atoms with Gasteiger partial charge in [-0.15, -0.1) is 0 Å². The summed E-state index contributed by atoms with van der Waals surface area (Å²) >= 11 is 0. The molecule has 1 aliphatic heterocycles. The molecule has 4 nitrogen and oxygen atoms in total. The summed E-state index contributed by atoms with van der Waals surface area (Å²) in [6, 6.07) is 0.169. The molecule has 4 atom stereocenters. The molecule has 1 saturated carbocycles. The Balaban J connectivity index is 1.97. The van der Waals surface area contributed by atoms with Crippen LogP contribution in [0.5, 0.6) is 0 Å². The number of nitrogens with one attached hydrogen (secondary N) is 1. The maximum Gasteiger partial charge on any atom is 0.227 e. The molecule has 1 aliphatic carbocycles. The molecule has 1 heterocycles. The van der Waals surface area contributed by atoms with Gasteiger partial charge in [-0.2, -0.15) is 0 Å². The second-order valence-corrected chi connectivity index (χ2v) is 5.36. The van der Waals surface area contributed by atoms with E-state index in [9.17, 15) is 4.79 Å². The molecule has 1 saturated heterocycles. The summed E-state index contributed by atoms with van der Waals surface area (Å²) in [5, 5.41) is 3.10. The number of ether oxygens (including phenoxy) is 1. The van der Waals surface area contributed by atoms with Gasteiger partial charge in [0.05, 0.1) is 17.6 Å². The van der Waals surface area contributed by atoms with E-state index in [4.69, 9.17) is 10.5 Å². The number of nitrogens with two attached hydrogens (primary N) is 1. The van der Waals surface area contributed by atoms with Crippen LogP contribution in [-0.4, -0.2) is 30.7 Å². The van der Waals surface area contributed by atoms with Crippen molar-refractivity contribution in [3.8, 4) is 0 Å². The average Bonchev–Trinajstić information content (AvgIpc) is 2.77. The highest BCUT2D eigenvalue weighted by Gasteiger charge is 2.44. The molecule has 92 valence electrons. The summed E-state index contributed by atoms with van der Waals surface area (Å²) in [5.41, 5.74) is 5.66. The zero-order chi connectivity index (χ0) is 11.8. The van der Waals surface area contributed by atoms with Crippen molar-refractivity contribution in [1.82, 2.24) is 5.32 Å². The van der Waals surface area contributed by atoms with Crippen LogP contribution in [0.25, 0.3) is 0 Å². The predicted molar refractivity (Wildman–Crippen MR) is 61.9 cm³/mol. The van der Waals surface area contributed by atoms with E-state index < -0.39 is 0 Å². The zero-order valence-corrected chi connectivity index (χ0v) is 10.2. The van der Waals surface area contributed by atoms with Crippen molar-refractivity contribution >= 4 is 5.91 Å². The number of carbonyl (C=O) groups excluding carboxylic acids is 1. The molecule has 4 heteroatoms. The van der Waals surface area contributed by atoms with E-state index in [1.54, 1.807) is 0 Å². The fourth-order valence-corrected chi connectivity index (χ4v) is 2.73. The molecular formula is C12H22N2O2. The highest BCUT2D eigenvalue weighted by molar-refractivity contribution is 5.83. The van der Waals surface area contributed by atoms with E-state index >= 15 is 0 Å². The van der Waals surface area contributed by atoms with Crippen LogP contribution in [0.2, 0.25) is 0 Å². The quantitative estimate of drug-likeness (QED) is 0.732. The van der Waals surface area contributed by atoms with E-state index in [2.05, 4.69) is 5.32 Å². The fraction of sp³-hybridized carbons (Fsp3) is 0.917. The van der Waals surface area contributed by atoms with Gasteiger partial charge in [-0.05, 0) is 33.1 Å². The molecular weight excluding hydrogens is 204 g/mol.